The summed E-state index contributed by atoms with van der Waals surface area (Å²) in [4.78, 5) is 51.0. The Labute approximate surface area is 171 Å². The van der Waals surface area contributed by atoms with Crippen LogP contribution in [0, 0.1) is 23.2 Å². The van der Waals surface area contributed by atoms with Gasteiger partial charge in [0.1, 0.15) is 6.04 Å². The summed E-state index contributed by atoms with van der Waals surface area (Å²) in [6.07, 6.45) is 8.01. The molecule has 1 heterocycles. The average molecular weight is 405 g/mol. The first kappa shape index (κ1) is 20.2. The number of likely N-dealkylation sites (tertiary alicyclic amines) is 1. The smallest absolute Gasteiger partial charge is 0.329 e. The first-order chi connectivity index (χ1) is 13.9. The van der Waals surface area contributed by atoms with Crippen molar-refractivity contribution in [2.45, 2.75) is 64.3 Å². The molecule has 0 radical (unpaired) electrons. The predicted octanol–water partition coefficient (Wildman–Crippen LogP) is 1.58. The lowest BCUT2D eigenvalue weighted by Crippen LogP contribution is -2.56. The molecule has 4 amide bonds. The molecule has 2 N–H and O–H groups in total. The molecular weight excluding hydrogens is 374 g/mol. The van der Waals surface area contributed by atoms with Crippen molar-refractivity contribution in [3.05, 3.63) is 0 Å². The molecule has 1 aliphatic heterocycles. The van der Waals surface area contributed by atoms with Crippen LogP contribution >= 0.6 is 0 Å². The molecule has 5 aliphatic rings. The van der Waals surface area contributed by atoms with Gasteiger partial charge in [0.15, 0.2) is 6.61 Å². The second-order valence-electron chi connectivity index (χ2n) is 9.37. The van der Waals surface area contributed by atoms with Gasteiger partial charge < -0.3 is 15.0 Å². The first-order valence-electron chi connectivity index (χ1n) is 11.0. The van der Waals surface area contributed by atoms with Crippen LogP contribution in [0.2, 0.25) is 0 Å². The van der Waals surface area contributed by atoms with E-state index in [1.54, 1.807) is 11.8 Å². The third kappa shape index (κ3) is 3.98. The number of rotatable bonds is 5. The lowest BCUT2D eigenvalue weighted by Gasteiger charge is -2.56. The highest BCUT2D eigenvalue weighted by Crippen LogP contribution is 2.60. The topological polar surface area (TPSA) is 105 Å². The van der Waals surface area contributed by atoms with Crippen molar-refractivity contribution >= 4 is 23.8 Å². The van der Waals surface area contributed by atoms with Crippen LogP contribution in [0.3, 0.4) is 0 Å². The van der Waals surface area contributed by atoms with Crippen molar-refractivity contribution in [1.82, 2.24) is 15.5 Å². The van der Waals surface area contributed by atoms with Crippen LogP contribution in [0.5, 0.6) is 0 Å². The van der Waals surface area contributed by atoms with Crippen LogP contribution in [0.25, 0.3) is 0 Å². The summed E-state index contributed by atoms with van der Waals surface area (Å²) in [7, 11) is 0. The predicted molar refractivity (Wildman–Crippen MR) is 104 cm³/mol. The molecule has 0 spiro atoms. The molecule has 0 aromatic rings. The molecule has 5 rings (SSSR count). The van der Waals surface area contributed by atoms with Crippen LogP contribution in [0.1, 0.15) is 58.3 Å². The molecule has 4 bridgehead atoms. The summed E-state index contributed by atoms with van der Waals surface area (Å²) in [6, 6.07) is -1.24. The normalized spacial score (nSPS) is 34.7. The zero-order valence-corrected chi connectivity index (χ0v) is 17.1. The van der Waals surface area contributed by atoms with Gasteiger partial charge in [0.05, 0.1) is 5.41 Å². The van der Waals surface area contributed by atoms with Crippen molar-refractivity contribution in [3.63, 3.8) is 0 Å². The molecule has 1 atom stereocenters. The number of nitrogens with one attached hydrogen (secondary N) is 2. The fraction of sp³-hybridized carbons (Fsp3) is 0.810. The maximum Gasteiger partial charge on any atom is 0.329 e. The SMILES string of the molecule is CCNC(=O)NC(=O)COC(=O)[C@@H]1CCCN1C(=O)C12CC3CC(CC(C3)C1)C2. The van der Waals surface area contributed by atoms with Crippen molar-refractivity contribution in [2.24, 2.45) is 23.2 Å². The number of esters is 1. The molecule has 4 aliphatic carbocycles. The Morgan fingerprint density at radius 3 is 2.24 bits per heavy atom. The van der Waals surface area contributed by atoms with E-state index >= 15 is 0 Å². The molecule has 8 heteroatoms. The molecule has 8 nitrogen and oxygen atoms in total. The molecule has 29 heavy (non-hydrogen) atoms. The van der Waals surface area contributed by atoms with E-state index in [1.165, 1.54) is 19.3 Å². The van der Waals surface area contributed by atoms with E-state index in [2.05, 4.69) is 10.6 Å². The minimum Gasteiger partial charge on any atom is -0.454 e. The van der Waals surface area contributed by atoms with Gasteiger partial charge in [-0.2, -0.15) is 0 Å². The minimum atomic E-state index is -0.679. The Bertz CT molecular complexity index is 671. The lowest BCUT2D eigenvalue weighted by atomic mass is 9.49. The zero-order chi connectivity index (χ0) is 20.6. The lowest BCUT2D eigenvalue weighted by molar-refractivity contribution is -0.166. The standard InChI is InChI=1S/C21H31N3O5/c1-2-22-20(28)23-17(25)12-29-18(26)16-4-3-5-24(16)19(27)21-9-13-6-14(10-21)8-15(7-13)11-21/h13-16H,2-12H2,1H3,(H2,22,23,25,28)/t13?,14?,15?,16-,21?/m0/s1. The summed E-state index contributed by atoms with van der Waals surface area (Å²) in [5.41, 5.74) is -0.284. The van der Waals surface area contributed by atoms with E-state index in [0.717, 1.165) is 25.7 Å². The van der Waals surface area contributed by atoms with Gasteiger partial charge in [-0.05, 0) is 76.0 Å². The number of carbonyl (C=O) groups is 4. The van der Waals surface area contributed by atoms with Gasteiger partial charge in [-0.3, -0.25) is 14.9 Å². The fourth-order valence-electron chi connectivity index (χ4n) is 6.53. The summed E-state index contributed by atoms with van der Waals surface area (Å²) >= 11 is 0. The zero-order valence-electron chi connectivity index (χ0n) is 17.1. The Morgan fingerprint density at radius 1 is 1.03 bits per heavy atom. The number of imide groups is 1. The first-order valence-corrected chi connectivity index (χ1v) is 11.0. The maximum atomic E-state index is 13.6. The molecule has 0 aromatic carbocycles. The number of nitrogens with zero attached hydrogens (tertiary/aromatic N) is 1. The Kier molecular flexibility index (Phi) is 5.53. The fourth-order valence-corrected chi connectivity index (χ4v) is 6.53. The highest BCUT2D eigenvalue weighted by molar-refractivity contribution is 5.96. The van der Waals surface area contributed by atoms with Crippen LogP contribution in [0.4, 0.5) is 4.79 Å². The van der Waals surface area contributed by atoms with Crippen LogP contribution in [-0.4, -0.2) is 54.5 Å². The molecule has 1 saturated heterocycles. The summed E-state index contributed by atoms with van der Waals surface area (Å²) < 4.78 is 5.14. The molecular formula is C21H31N3O5. The molecule has 4 saturated carbocycles. The average Bonchev–Trinajstić information content (AvgIpc) is 3.14. The van der Waals surface area contributed by atoms with E-state index in [4.69, 9.17) is 4.74 Å². The molecule has 160 valence electrons. The molecule has 0 unspecified atom stereocenters. The van der Waals surface area contributed by atoms with Gasteiger partial charge >= 0.3 is 12.0 Å². The quantitative estimate of drug-likeness (QED) is 0.676. The van der Waals surface area contributed by atoms with Crippen molar-refractivity contribution in [1.29, 1.82) is 0 Å². The van der Waals surface area contributed by atoms with Gasteiger partial charge in [-0.25, -0.2) is 9.59 Å². The van der Waals surface area contributed by atoms with E-state index in [1.807, 2.05) is 0 Å². The Balaban J connectivity index is 1.35. The number of hydrogen-bond donors (Lipinski definition) is 2. The third-order valence-corrected chi connectivity index (χ3v) is 7.21. The van der Waals surface area contributed by atoms with E-state index in [0.29, 0.717) is 37.3 Å². The number of carbonyl (C=O) groups excluding carboxylic acids is 4. The number of amides is 4. The maximum absolute atomic E-state index is 13.6. The minimum absolute atomic E-state index is 0.128. The number of hydrogen-bond acceptors (Lipinski definition) is 5. The molecule has 5 fully saturated rings. The van der Waals surface area contributed by atoms with Crippen LogP contribution in [-0.2, 0) is 19.1 Å². The summed E-state index contributed by atoms with van der Waals surface area (Å²) in [5, 5.41) is 4.54. The van der Waals surface area contributed by atoms with Gasteiger partial charge in [0.2, 0.25) is 5.91 Å². The monoisotopic (exact) mass is 405 g/mol. The van der Waals surface area contributed by atoms with E-state index in [9.17, 15) is 19.2 Å². The van der Waals surface area contributed by atoms with Crippen molar-refractivity contribution in [3.8, 4) is 0 Å². The van der Waals surface area contributed by atoms with Crippen molar-refractivity contribution in [2.75, 3.05) is 19.7 Å². The van der Waals surface area contributed by atoms with Crippen molar-refractivity contribution < 1.29 is 23.9 Å². The van der Waals surface area contributed by atoms with Crippen LogP contribution in [0.15, 0.2) is 0 Å². The largest absolute Gasteiger partial charge is 0.454 e. The highest BCUT2D eigenvalue weighted by atomic mass is 16.5. The highest BCUT2D eigenvalue weighted by Gasteiger charge is 2.57. The summed E-state index contributed by atoms with van der Waals surface area (Å²) in [5.74, 6) is 0.888. The Morgan fingerprint density at radius 2 is 1.66 bits per heavy atom. The van der Waals surface area contributed by atoms with E-state index in [-0.39, 0.29) is 11.3 Å². The van der Waals surface area contributed by atoms with E-state index < -0.39 is 30.6 Å². The summed E-state index contributed by atoms with van der Waals surface area (Å²) in [6.45, 7) is 2.18. The second kappa shape index (κ2) is 7.95. The van der Waals surface area contributed by atoms with Gasteiger partial charge in [-0.15, -0.1) is 0 Å². The Hall–Kier alpha value is -2.12. The number of ether oxygens (including phenoxy) is 1. The van der Waals surface area contributed by atoms with Gasteiger partial charge in [-0.1, -0.05) is 0 Å². The van der Waals surface area contributed by atoms with Crippen LogP contribution < -0.4 is 10.6 Å². The van der Waals surface area contributed by atoms with Gasteiger partial charge in [0, 0.05) is 13.1 Å². The molecule has 0 aromatic heterocycles. The van der Waals surface area contributed by atoms with Gasteiger partial charge in [0.25, 0.3) is 5.91 Å². The third-order valence-electron chi connectivity index (χ3n) is 7.21. The second-order valence-corrected chi connectivity index (χ2v) is 9.37. The number of urea groups is 1.